The van der Waals surface area contributed by atoms with Crippen molar-refractivity contribution in [2.24, 2.45) is 0 Å². The Balaban J connectivity index is 1.43. The second kappa shape index (κ2) is 7.51. The molecule has 7 heteroatoms. The first-order valence-electron chi connectivity index (χ1n) is 10.6. The fourth-order valence-electron chi connectivity index (χ4n) is 3.71. The Kier molecular flexibility index (Phi) is 4.00. The van der Waals surface area contributed by atoms with Crippen molar-refractivity contribution in [2.75, 3.05) is 22.1 Å². The Morgan fingerprint density at radius 3 is 2.87 bits per heavy atom. The van der Waals surface area contributed by atoms with Gasteiger partial charge in [-0.15, -0.1) is 0 Å². The number of urea groups is 1. The number of H-pyrrole nitrogens is 1. The number of nitrogens with zero attached hydrogens (tertiary/aromatic N) is 2. The highest BCUT2D eigenvalue weighted by molar-refractivity contribution is 6.01. The summed E-state index contributed by atoms with van der Waals surface area (Å²) in [5.41, 5.74) is 3.34. The summed E-state index contributed by atoms with van der Waals surface area (Å²) in [7, 11) is 0. The van der Waals surface area contributed by atoms with E-state index in [1.807, 2.05) is 12.1 Å². The maximum atomic E-state index is 13.8. The molecule has 0 radical (unpaired) electrons. The van der Waals surface area contributed by atoms with Crippen molar-refractivity contribution in [2.45, 2.75) is 12.9 Å². The van der Waals surface area contributed by atoms with Gasteiger partial charge < -0.3 is 20.5 Å². The van der Waals surface area contributed by atoms with Crippen LogP contribution in [0.15, 0.2) is 67.0 Å². The van der Waals surface area contributed by atoms with E-state index in [-0.39, 0.29) is 5.69 Å². The van der Waals surface area contributed by atoms with E-state index in [2.05, 4.69) is 20.6 Å². The Bertz CT molecular complexity index is 1320. The molecule has 3 N–H and O–H groups in total. The SMILES string of the molecule is [2H]C([2H])(c1ccnc2[nH]ccc12)N1CCc2c(NC(=O)Nc3ccccc3F)cccc21. The standard InChI is InChI=1S/C23H20FN5O/c24-18-4-1-2-5-20(18)28-23(30)27-19-6-3-7-21-17(19)10-13-29(21)14-15-8-11-25-22-16(15)9-12-26-22/h1-9,11-12H,10,13-14H2,(H,25,26)(H2,27,28,30)/i14D2. The minimum atomic E-state index is -1.79. The summed E-state index contributed by atoms with van der Waals surface area (Å²) in [6.07, 6.45) is 3.89. The van der Waals surface area contributed by atoms with E-state index in [0.717, 1.165) is 10.9 Å². The number of nitrogens with one attached hydrogen (secondary N) is 3. The lowest BCUT2D eigenvalue weighted by Gasteiger charge is -2.20. The van der Waals surface area contributed by atoms with E-state index in [4.69, 9.17) is 2.74 Å². The number of carbonyl (C=O) groups excluding carboxylic acids is 1. The number of benzene rings is 2. The minimum absolute atomic E-state index is 0.0868. The van der Waals surface area contributed by atoms with E-state index in [9.17, 15) is 9.18 Å². The van der Waals surface area contributed by atoms with E-state index < -0.39 is 18.3 Å². The van der Waals surface area contributed by atoms with Crippen LogP contribution >= 0.6 is 0 Å². The Morgan fingerprint density at radius 2 is 1.97 bits per heavy atom. The van der Waals surface area contributed by atoms with E-state index >= 15 is 0 Å². The number of carbonyl (C=O) groups is 1. The molecule has 3 heterocycles. The summed E-state index contributed by atoms with van der Waals surface area (Å²) in [5, 5.41) is 6.01. The van der Waals surface area contributed by atoms with Gasteiger partial charge in [0.2, 0.25) is 0 Å². The van der Waals surface area contributed by atoms with Gasteiger partial charge >= 0.3 is 6.03 Å². The van der Waals surface area contributed by atoms with Crippen molar-refractivity contribution in [3.63, 3.8) is 0 Å². The first-order chi connectivity index (χ1) is 15.4. The molecule has 5 rings (SSSR count). The summed E-state index contributed by atoms with van der Waals surface area (Å²) in [5.74, 6) is -0.520. The predicted octanol–water partition coefficient (Wildman–Crippen LogP) is 4.91. The van der Waals surface area contributed by atoms with Crippen LogP contribution in [0.5, 0.6) is 0 Å². The fourth-order valence-corrected chi connectivity index (χ4v) is 3.71. The van der Waals surface area contributed by atoms with Gasteiger partial charge in [0.05, 0.1) is 8.43 Å². The Labute approximate surface area is 175 Å². The molecule has 2 aromatic heterocycles. The van der Waals surface area contributed by atoms with Crippen molar-refractivity contribution in [1.82, 2.24) is 9.97 Å². The summed E-state index contributed by atoms with van der Waals surface area (Å²) in [6, 6.07) is 14.3. The number of anilines is 3. The molecule has 0 spiro atoms. The summed E-state index contributed by atoms with van der Waals surface area (Å²) in [4.78, 5) is 21.4. The first-order valence-corrected chi connectivity index (χ1v) is 9.60. The van der Waals surface area contributed by atoms with Crippen molar-refractivity contribution in [1.29, 1.82) is 0 Å². The van der Waals surface area contributed by atoms with E-state index in [1.54, 1.807) is 47.6 Å². The average molecular weight is 403 g/mol. The zero-order chi connectivity index (χ0) is 22.3. The van der Waals surface area contributed by atoms with Gasteiger partial charge in [-0.3, -0.25) is 0 Å². The summed E-state index contributed by atoms with van der Waals surface area (Å²) >= 11 is 0. The highest BCUT2D eigenvalue weighted by Crippen LogP contribution is 2.35. The topological polar surface area (TPSA) is 73.0 Å². The normalized spacial score (nSPS) is 14.2. The molecule has 0 saturated carbocycles. The summed E-state index contributed by atoms with van der Waals surface area (Å²) < 4.78 is 31.7. The van der Waals surface area contributed by atoms with Crippen molar-refractivity contribution in [3.8, 4) is 0 Å². The van der Waals surface area contributed by atoms with Crippen LogP contribution in [-0.4, -0.2) is 22.5 Å². The lowest BCUT2D eigenvalue weighted by molar-refractivity contribution is 0.262. The number of hydrogen-bond donors (Lipinski definition) is 3. The van der Waals surface area contributed by atoms with Gasteiger partial charge in [-0.25, -0.2) is 14.2 Å². The van der Waals surface area contributed by atoms with Crippen LogP contribution in [-0.2, 0) is 12.9 Å². The molecule has 2 amide bonds. The highest BCUT2D eigenvalue weighted by Gasteiger charge is 2.23. The van der Waals surface area contributed by atoms with Crippen LogP contribution in [0.1, 0.15) is 13.9 Å². The van der Waals surface area contributed by atoms with Crippen LogP contribution in [0.25, 0.3) is 11.0 Å². The quantitative estimate of drug-likeness (QED) is 0.453. The second-order valence-electron chi connectivity index (χ2n) is 6.97. The van der Waals surface area contributed by atoms with Crippen LogP contribution in [0.2, 0.25) is 0 Å². The minimum Gasteiger partial charge on any atom is -0.367 e. The Morgan fingerprint density at radius 1 is 1.13 bits per heavy atom. The van der Waals surface area contributed by atoms with E-state index in [0.29, 0.717) is 35.6 Å². The van der Waals surface area contributed by atoms with Crippen LogP contribution in [0, 0.1) is 5.82 Å². The smallest absolute Gasteiger partial charge is 0.323 e. The van der Waals surface area contributed by atoms with Crippen LogP contribution < -0.4 is 15.5 Å². The fraction of sp³-hybridized carbons (Fsp3) is 0.130. The molecule has 2 aromatic carbocycles. The third-order valence-corrected chi connectivity index (χ3v) is 5.11. The highest BCUT2D eigenvalue weighted by atomic mass is 19.1. The summed E-state index contributed by atoms with van der Waals surface area (Å²) in [6.45, 7) is -1.34. The largest absolute Gasteiger partial charge is 0.367 e. The number of pyridine rings is 1. The van der Waals surface area contributed by atoms with Gasteiger partial charge in [-0.05, 0) is 48.4 Å². The lowest BCUT2D eigenvalue weighted by Crippen LogP contribution is -2.21. The molecular weight excluding hydrogens is 381 g/mol. The van der Waals surface area contributed by atoms with Gasteiger partial charge in [-0.1, -0.05) is 18.2 Å². The van der Waals surface area contributed by atoms with Crippen molar-refractivity contribution < 1.29 is 11.9 Å². The number of rotatable bonds is 4. The number of amides is 2. The molecule has 0 atom stereocenters. The first kappa shape index (κ1) is 16.0. The molecule has 150 valence electrons. The van der Waals surface area contributed by atoms with Gasteiger partial charge in [0.25, 0.3) is 0 Å². The molecule has 0 bridgehead atoms. The number of para-hydroxylation sites is 1. The number of halogens is 1. The second-order valence-corrected chi connectivity index (χ2v) is 6.97. The molecule has 0 saturated heterocycles. The zero-order valence-corrected chi connectivity index (χ0v) is 15.9. The van der Waals surface area contributed by atoms with Crippen molar-refractivity contribution >= 4 is 34.1 Å². The molecule has 1 aliphatic rings. The number of aromatic nitrogens is 2. The molecule has 0 aliphatic carbocycles. The van der Waals surface area contributed by atoms with Gasteiger partial charge in [-0.2, -0.15) is 0 Å². The molecule has 6 nitrogen and oxygen atoms in total. The lowest BCUT2D eigenvalue weighted by atomic mass is 10.1. The number of hydrogen-bond acceptors (Lipinski definition) is 3. The molecule has 30 heavy (non-hydrogen) atoms. The maximum Gasteiger partial charge on any atom is 0.323 e. The van der Waals surface area contributed by atoms with Gasteiger partial charge in [0.1, 0.15) is 11.5 Å². The van der Waals surface area contributed by atoms with Crippen molar-refractivity contribution in [3.05, 3.63) is 83.9 Å². The molecule has 0 unspecified atom stereocenters. The zero-order valence-electron chi connectivity index (χ0n) is 17.9. The third-order valence-electron chi connectivity index (χ3n) is 5.11. The van der Waals surface area contributed by atoms with Gasteiger partial charge in [0, 0.05) is 47.8 Å². The van der Waals surface area contributed by atoms with Crippen LogP contribution in [0.3, 0.4) is 0 Å². The average Bonchev–Trinajstić information content (AvgIpc) is 3.43. The van der Waals surface area contributed by atoms with Gasteiger partial charge in [0.15, 0.2) is 0 Å². The monoisotopic (exact) mass is 403 g/mol. The number of aromatic amines is 1. The number of fused-ring (bicyclic) bond motifs is 2. The molecular formula is C23H20FN5O. The maximum absolute atomic E-state index is 13.8. The van der Waals surface area contributed by atoms with Crippen LogP contribution in [0.4, 0.5) is 26.2 Å². The molecule has 4 aromatic rings. The Hall–Kier alpha value is -3.87. The predicted molar refractivity (Wildman–Crippen MR) is 116 cm³/mol. The third kappa shape index (κ3) is 3.34. The molecule has 1 aliphatic heterocycles. The van der Waals surface area contributed by atoms with E-state index in [1.165, 1.54) is 12.1 Å². The molecule has 0 fully saturated rings.